The van der Waals surface area contributed by atoms with Crippen LogP contribution in [-0.2, 0) is 14.3 Å². The fraction of sp³-hybridized carbons (Fsp3) is 0.385. The molecule has 0 aliphatic carbocycles. The van der Waals surface area contributed by atoms with Crippen LogP contribution in [0.4, 0.5) is 5.69 Å². The van der Waals surface area contributed by atoms with Gasteiger partial charge in [0.1, 0.15) is 11.4 Å². The van der Waals surface area contributed by atoms with Crippen molar-refractivity contribution < 1.29 is 19.1 Å². The maximum atomic E-state index is 13.4. The van der Waals surface area contributed by atoms with Gasteiger partial charge in [0.2, 0.25) is 0 Å². The maximum absolute atomic E-state index is 13.4. The predicted molar refractivity (Wildman–Crippen MR) is 128 cm³/mol. The van der Waals surface area contributed by atoms with E-state index in [1.807, 2.05) is 49.4 Å². The second kappa shape index (κ2) is 10.5. The second-order valence-electron chi connectivity index (χ2n) is 8.10. The number of benzene rings is 2. The average molecular weight is 450 g/mol. The highest BCUT2D eigenvalue weighted by Gasteiger charge is 2.41. The highest BCUT2D eigenvalue weighted by atomic mass is 16.5. The van der Waals surface area contributed by atoms with Crippen LogP contribution in [0.1, 0.15) is 18.9 Å². The van der Waals surface area contributed by atoms with Gasteiger partial charge in [-0.05, 0) is 43.2 Å². The summed E-state index contributed by atoms with van der Waals surface area (Å²) in [5, 5.41) is 0. The molecule has 2 aromatic carbocycles. The number of ether oxygens (including phenoxy) is 2. The SMILES string of the molecule is CCOc1ccc(C2=C(N3CCN(c4ccccc4)CC3)C(=O)N(CCCOC)C2=O)cc1. The normalized spacial score (nSPS) is 16.7. The molecule has 2 aliphatic rings. The number of piperazine rings is 1. The van der Waals surface area contributed by atoms with E-state index in [4.69, 9.17) is 9.47 Å². The number of methoxy groups -OCH3 is 1. The number of carbonyl (C=O) groups is 2. The summed E-state index contributed by atoms with van der Waals surface area (Å²) < 4.78 is 10.7. The van der Waals surface area contributed by atoms with E-state index < -0.39 is 0 Å². The zero-order valence-corrected chi connectivity index (χ0v) is 19.3. The first-order valence-corrected chi connectivity index (χ1v) is 11.5. The summed E-state index contributed by atoms with van der Waals surface area (Å²) in [4.78, 5) is 32.6. The lowest BCUT2D eigenvalue weighted by molar-refractivity contribution is -0.137. The van der Waals surface area contributed by atoms with Crippen LogP contribution < -0.4 is 9.64 Å². The predicted octanol–water partition coefficient (Wildman–Crippen LogP) is 3.02. The molecule has 2 aliphatic heterocycles. The second-order valence-corrected chi connectivity index (χ2v) is 8.10. The van der Waals surface area contributed by atoms with E-state index in [-0.39, 0.29) is 11.8 Å². The minimum atomic E-state index is -0.235. The Morgan fingerprint density at radius 1 is 0.848 bits per heavy atom. The first-order valence-electron chi connectivity index (χ1n) is 11.5. The Balaban J connectivity index is 1.60. The Labute approximate surface area is 195 Å². The Morgan fingerprint density at radius 3 is 2.15 bits per heavy atom. The van der Waals surface area contributed by atoms with Crippen LogP contribution in [-0.4, -0.2) is 74.7 Å². The Kier molecular flexibility index (Phi) is 7.29. The van der Waals surface area contributed by atoms with Gasteiger partial charge in [0.15, 0.2) is 0 Å². The molecule has 174 valence electrons. The van der Waals surface area contributed by atoms with Crippen LogP contribution in [0.3, 0.4) is 0 Å². The van der Waals surface area contributed by atoms with Crippen molar-refractivity contribution >= 4 is 23.1 Å². The van der Waals surface area contributed by atoms with Gasteiger partial charge in [-0.2, -0.15) is 0 Å². The van der Waals surface area contributed by atoms with Gasteiger partial charge in [0.05, 0.1) is 12.2 Å². The molecule has 2 aromatic rings. The molecule has 2 amide bonds. The van der Waals surface area contributed by atoms with E-state index in [1.54, 1.807) is 7.11 Å². The number of anilines is 1. The number of hydrogen-bond acceptors (Lipinski definition) is 6. The van der Waals surface area contributed by atoms with Crippen molar-refractivity contribution in [3.8, 4) is 5.75 Å². The minimum Gasteiger partial charge on any atom is -0.494 e. The van der Waals surface area contributed by atoms with Crippen molar-refractivity contribution in [2.45, 2.75) is 13.3 Å². The summed E-state index contributed by atoms with van der Waals surface area (Å²) in [7, 11) is 1.62. The third-order valence-corrected chi connectivity index (χ3v) is 6.04. The van der Waals surface area contributed by atoms with Crippen LogP contribution >= 0.6 is 0 Å². The Bertz CT molecular complexity index is 996. The van der Waals surface area contributed by atoms with Crippen molar-refractivity contribution in [3.63, 3.8) is 0 Å². The van der Waals surface area contributed by atoms with E-state index >= 15 is 0 Å². The van der Waals surface area contributed by atoms with Gasteiger partial charge in [0.25, 0.3) is 11.8 Å². The summed E-state index contributed by atoms with van der Waals surface area (Å²) in [6.07, 6.45) is 0.611. The van der Waals surface area contributed by atoms with Crippen LogP contribution in [0, 0.1) is 0 Å². The molecular weight excluding hydrogens is 418 g/mol. The monoisotopic (exact) mass is 449 g/mol. The number of hydrogen-bond donors (Lipinski definition) is 0. The standard InChI is InChI=1S/C26H31N3O4/c1-3-33-22-12-10-20(11-13-22)23-24(26(31)29(25(23)30)14-7-19-32-2)28-17-15-27(16-18-28)21-8-5-4-6-9-21/h4-6,8-13H,3,7,14-19H2,1-2H3. The third kappa shape index (κ3) is 4.88. The van der Waals surface area contributed by atoms with Crippen LogP contribution in [0.15, 0.2) is 60.3 Å². The van der Waals surface area contributed by atoms with Crippen molar-refractivity contribution in [2.24, 2.45) is 0 Å². The molecule has 0 radical (unpaired) electrons. The molecule has 0 atom stereocenters. The lowest BCUT2D eigenvalue weighted by Gasteiger charge is -2.37. The number of amides is 2. The van der Waals surface area contributed by atoms with E-state index in [0.29, 0.717) is 50.5 Å². The van der Waals surface area contributed by atoms with Crippen molar-refractivity contribution in [2.75, 3.05) is 57.9 Å². The molecule has 0 saturated carbocycles. The first kappa shape index (κ1) is 22.9. The third-order valence-electron chi connectivity index (χ3n) is 6.04. The quantitative estimate of drug-likeness (QED) is 0.433. The molecule has 2 heterocycles. The fourth-order valence-electron chi connectivity index (χ4n) is 4.40. The topological polar surface area (TPSA) is 62.3 Å². The van der Waals surface area contributed by atoms with Crippen LogP contribution in [0.5, 0.6) is 5.75 Å². The number of nitrogens with zero attached hydrogens (tertiary/aromatic N) is 3. The lowest BCUT2D eigenvalue weighted by Crippen LogP contribution is -2.47. The van der Waals surface area contributed by atoms with Crippen molar-refractivity contribution in [1.82, 2.24) is 9.80 Å². The summed E-state index contributed by atoms with van der Waals surface area (Å²) in [6, 6.07) is 17.7. The van der Waals surface area contributed by atoms with Gasteiger partial charge >= 0.3 is 0 Å². The Morgan fingerprint density at radius 2 is 1.52 bits per heavy atom. The Hall–Kier alpha value is -3.32. The van der Waals surface area contributed by atoms with E-state index in [9.17, 15) is 9.59 Å². The number of para-hydroxylation sites is 1. The van der Waals surface area contributed by atoms with Gasteiger partial charge in [-0.1, -0.05) is 30.3 Å². The van der Waals surface area contributed by atoms with Crippen molar-refractivity contribution in [1.29, 1.82) is 0 Å². The number of rotatable bonds is 9. The molecule has 7 nitrogen and oxygen atoms in total. The summed E-state index contributed by atoms with van der Waals surface area (Å²) in [6.45, 7) is 6.28. The summed E-state index contributed by atoms with van der Waals surface area (Å²) >= 11 is 0. The van der Waals surface area contributed by atoms with Gasteiger partial charge < -0.3 is 19.3 Å². The molecule has 1 saturated heterocycles. The molecule has 0 N–H and O–H groups in total. The summed E-state index contributed by atoms with van der Waals surface area (Å²) in [5.74, 6) is 0.294. The molecule has 0 bridgehead atoms. The van der Waals surface area contributed by atoms with Crippen LogP contribution in [0.25, 0.3) is 5.57 Å². The smallest absolute Gasteiger partial charge is 0.277 e. The molecule has 4 rings (SSSR count). The zero-order valence-electron chi connectivity index (χ0n) is 19.3. The molecule has 0 spiro atoms. The fourth-order valence-corrected chi connectivity index (χ4v) is 4.40. The lowest BCUT2D eigenvalue weighted by atomic mass is 10.0. The zero-order chi connectivity index (χ0) is 23.2. The molecule has 1 fully saturated rings. The molecular formula is C26H31N3O4. The minimum absolute atomic E-state index is 0.215. The van der Waals surface area contributed by atoms with E-state index in [2.05, 4.69) is 21.9 Å². The molecule has 0 aromatic heterocycles. The largest absolute Gasteiger partial charge is 0.494 e. The maximum Gasteiger partial charge on any atom is 0.277 e. The van der Waals surface area contributed by atoms with Crippen LogP contribution in [0.2, 0.25) is 0 Å². The van der Waals surface area contributed by atoms with Gasteiger partial charge in [-0.15, -0.1) is 0 Å². The van der Waals surface area contributed by atoms with E-state index in [0.717, 1.165) is 24.4 Å². The van der Waals surface area contributed by atoms with Gasteiger partial charge in [0, 0.05) is 52.1 Å². The number of imide groups is 1. The highest BCUT2D eigenvalue weighted by molar-refractivity contribution is 6.35. The van der Waals surface area contributed by atoms with Gasteiger partial charge in [-0.25, -0.2) is 0 Å². The average Bonchev–Trinajstić information content (AvgIpc) is 3.10. The highest BCUT2D eigenvalue weighted by Crippen LogP contribution is 2.33. The molecule has 33 heavy (non-hydrogen) atoms. The summed E-state index contributed by atoms with van der Waals surface area (Å²) in [5.41, 5.74) is 2.90. The first-order chi connectivity index (χ1) is 16.1. The van der Waals surface area contributed by atoms with Gasteiger partial charge in [-0.3, -0.25) is 14.5 Å². The van der Waals surface area contributed by atoms with Crippen molar-refractivity contribution in [3.05, 3.63) is 65.9 Å². The van der Waals surface area contributed by atoms with E-state index in [1.165, 1.54) is 10.6 Å². The molecule has 7 heteroatoms. The molecule has 0 unspecified atom stereocenters. The number of carbonyl (C=O) groups excluding carboxylic acids is 2.